The van der Waals surface area contributed by atoms with E-state index in [0.29, 0.717) is 0 Å². The van der Waals surface area contributed by atoms with Crippen LogP contribution in [0.3, 0.4) is 0 Å². The van der Waals surface area contributed by atoms with Crippen molar-refractivity contribution in [1.82, 2.24) is 5.43 Å². The number of nitrogens with two attached hydrogens (primary N) is 1. The van der Waals surface area contributed by atoms with Gasteiger partial charge in [-0.15, -0.1) is 11.8 Å². The zero-order valence-corrected chi connectivity index (χ0v) is 10.1. The minimum absolute atomic E-state index is 0.171. The molecule has 0 saturated heterocycles. The Morgan fingerprint density at radius 3 is 2.93 bits per heavy atom. The lowest BCUT2D eigenvalue weighted by molar-refractivity contribution is -0.120. The molecule has 0 aromatic heterocycles. The van der Waals surface area contributed by atoms with Crippen LogP contribution in [0.15, 0.2) is 33.6 Å². The Labute approximate surface area is 95.5 Å². The zero-order valence-electron chi connectivity index (χ0n) is 7.66. The zero-order chi connectivity index (χ0) is 10.6. The molecule has 5 heteroatoms. The molecule has 76 valence electrons. The van der Waals surface area contributed by atoms with Gasteiger partial charge in [-0.2, -0.15) is 0 Å². The van der Waals surface area contributed by atoms with Crippen molar-refractivity contribution < 1.29 is 4.79 Å². The largest absolute Gasteiger partial charge is 0.293 e. The van der Waals surface area contributed by atoms with Gasteiger partial charge in [-0.3, -0.25) is 10.2 Å². The molecule has 0 aliphatic rings. The third kappa shape index (κ3) is 3.32. The van der Waals surface area contributed by atoms with Crippen molar-refractivity contribution in [2.24, 2.45) is 5.84 Å². The summed E-state index contributed by atoms with van der Waals surface area (Å²) in [5.41, 5.74) is 2.13. The van der Waals surface area contributed by atoms with Crippen molar-refractivity contribution in [2.45, 2.75) is 17.1 Å². The Kier molecular flexibility index (Phi) is 4.44. The second kappa shape index (κ2) is 5.38. The van der Waals surface area contributed by atoms with Crippen molar-refractivity contribution in [2.75, 3.05) is 0 Å². The highest BCUT2D eigenvalue weighted by molar-refractivity contribution is 9.10. The SMILES string of the molecule is CC(Sc1cccc(Br)c1)C(=O)NN. The van der Waals surface area contributed by atoms with Gasteiger partial charge >= 0.3 is 0 Å². The Balaban J connectivity index is 2.64. The van der Waals surface area contributed by atoms with Crippen LogP contribution in [0.25, 0.3) is 0 Å². The summed E-state index contributed by atoms with van der Waals surface area (Å²) < 4.78 is 1.00. The van der Waals surface area contributed by atoms with Crippen molar-refractivity contribution >= 4 is 33.6 Å². The minimum Gasteiger partial charge on any atom is -0.293 e. The number of benzene rings is 1. The van der Waals surface area contributed by atoms with Crippen LogP contribution < -0.4 is 11.3 Å². The molecule has 0 fully saturated rings. The lowest BCUT2D eigenvalue weighted by Crippen LogP contribution is -2.36. The van der Waals surface area contributed by atoms with E-state index in [1.54, 1.807) is 0 Å². The van der Waals surface area contributed by atoms with Crippen LogP contribution in [0, 0.1) is 0 Å². The van der Waals surface area contributed by atoms with Crippen LogP contribution >= 0.6 is 27.7 Å². The molecule has 0 aliphatic heterocycles. The Bertz CT molecular complexity index is 332. The van der Waals surface area contributed by atoms with Crippen molar-refractivity contribution in [1.29, 1.82) is 0 Å². The highest BCUT2D eigenvalue weighted by Gasteiger charge is 2.12. The molecular formula is C9H11BrN2OS. The highest BCUT2D eigenvalue weighted by atomic mass is 79.9. The van der Waals surface area contributed by atoms with Gasteiger partial charge in [-0.1, -0.05) is 22.0 Å². The second-order valence-electron chi connectivity index (χ2n) is 2.73. The molecule has 1 aromatic carbocycles. The molecule has 0 radical (unpaired) electrons. The molecule has 1 amide bonds. The summed E-state index contributed by atoms with van der Waals surface area (Å²) in [6.45, 7) is 1.81. The molecule has 0 aliphatic carbocycles. The Morgan fingerprint density at radius 2 is 2.36 bits per heavy atom. The van der Waals surface area contributed by atoms with Gasteiger partial charge < -0.3 is 0 Å². The molecule has 1 aromatic rings. The van der Waals surface area contributed by atoms with Gasteiger partial charge in [0, 0.05) is 9.37 Å². The number of amides is 1. The molecule has 1 rings (SSSR count). The fraction of sp³-hybridized carbons (Fsp3) is 0.222. The number of hydrogen-bond acceptors (Lipinski definition) is 3. The predicted octanol–water partition coefficient (Wildman–Crippen LogP) is 1.92. The first kappa shape index (κ1) is 11.6. The van der Waals surface area contributed by atoms with Gasteiger partial charge in [0.2, 0.25) is 5.91 Å². The van der Waals surface area contributed by atoms with Crippen molar-refractivity contribution in [3.63, 3.8) is 0 Å². The molecular weight excluding hydrogens is 264 g/mol. The maximum Gasteiger partial charge on any atom is 0.247 e. The fourth-order valence-electron chi connectivity index (χ4n) is 0.915. The molecule has 3 N–H and O–H groups in total. The van der Waals surface area contributed by atoms with Gasteiger partial charge in [0.15, 0.2) is 0 Å². The third-order valence-corrected chi connectivity index (χ3v) is 3.21. The van der Waals surface area contributed by atoms with E-state index in [4.69, 9.17) is 5.84 Å². The topological polar surface area (TPSA) is 55.1 Å². The maximum atomic E-state index is 11.1. The summed E-state index contributed by atoms with van der Waals surface area (Å²) in [6, 6.07) is 7.79. The average molecular weight is 275 g/mol. The summed E-state index contributed by atoms with van der Waals surface area (Å²) in [6.07, 6.45) is 0. The Morgan fingerprint density at radius 1 is 1.64 bits per heavy atom. The fourth-order valence-corrected chi connectivity index (χ4v) is 2.40. The summed E-state index contributed by atoms with van der Waals surface area (Å²) >= 11 is 4.84. The molecule has 0 bridgehead atoms. The van der Waals surface area contributed by atoms with E-state index < -0.39 is 0 Å². The molecule has 1 atom stereocenters. The van der Waals surface area contributed by atoms with E-state index in [9.17, 15) is 4.79 Å². The number of hydrazine groups is 1. The predicted molar refractivity (Wildman–Crippen MR) is 61.8 cm³/mol. The second-order valence-corrected chi connectivity index (χ2v) is 5.06. The number of rotatable bonds is 3. The van der Waals surface area contributed by atoms with E-state index in [1.165, 1.54) is 11.8 Å². The lowest BCUT2D eigenvalue weighted by Gasteiger charge is -2.08. The van der Waals surface area contributed by atoms with Crippen LogP contribution in [-0.4, -0.2) is 11.2 Å². The highest BCUT2D eigenvalue weighted by Crippen LogP contribution is 2.25. The van der Waals surface area contributed by atoms with E-state index in [2.05, 4.69) is 21.4 Å². The van der Waals surface area contributed by atoms with E-state index >= 15 is 0 Å². The standard InChI is InChI=1S/C9H11BrN2OS/c1-6(9(13)12-11)14-8-4-2-3-7(10)5-8/h2-6H,11H2,1H3,(H,12,13). The van der Waals surface area contributed by atoms with Crippen LogP contribution in [0.5, 0.6) is 0 Å². The molecule has 0 saturated carbocycles. The van der Waals surface area contributed by atoms with Gasteiger partial charge in [0.1, 0.15) is 0 Å². The number of carbonyl (C=O) groups is 1. The van der Waals surface area contributed by atoms with E-state index in [0.717, 1.165) is 9.37 Å². The van der Waals surface area contributed by atoms with Crippen LogP contribution in [-0.2, 0) is 4.79 Å². The first-order valence-electron chi connectivity index (χ1n) is 4.06. The van der Waals surface area contributed by atoms with E-state index in [1.807, 2.05) is 31.2 Å². The van der Waals surface area contributed by atoms with Crippen LogP contribution in [0.2, 0.25) is 0 Å². The van der Waals surface area contributed by atoms with Gasteiger partial charge in [-0.25, -0.2) is 5.84 Å². The maximum absolute atomic E-state index is 11.1. The number of thioether (sulfide) groups is 1. The molecule has 3 nitrogen and oxygen atoms in total. The number of halogens is 1. The smallest absolute Gasteiger partial charge is 0.247 e. The monoisotopic (exact) mass is 274 g/mol. The lowest BCUT2D eigenvalue weighted by atomic mass is 10.4. The summed E-state index contributed by atoms with van der Waals surface area (Å²) in [5.74, 6) is 4.86. The number of nitrogens with one attached hydrogen (secondary N) is 1. The molecule has 1 unspecified atom stereocenters. The third-order valence-electron chi connectivity index (χ3n) is 1.62. The normalized spacial score (nSPS) is 12.2. The summed E-state index contributed by atoms with van der Waals surface area (Å²) in [7, 11) is 0. The molecule has 14 heavy (non-hydrogen) atoms. The minimum atomic E-state index is -0.186. The van der Waals surface area contributed by atoms with Crippen LogP contribution in [0.4, 0.5) is 0 Å². The van der Waals surface area contributed by atoms with E-state index in [-0.39, 0.29) is 11.2 Å². The van der Waals surface area contributed by atoms with Crippen molar-refractivity contribution in [3.05, 3.63) is 28.7 Å². The molecule has 0 spiro atoms. The van der Waals surface area contributed by atoms with Gasteiger partial charge in [-0.05, 0) is 25.1 Å². The average Bonchev–Trinajstić information content (AvgIpc) is 2.16. The quantitative estimate of drug-likeness (QED) is 0.383. The number of carbonyl (C=O) groups excluding carboxylic acids is 1. The first-order valence-corrected chi connectivity index (χ1v) is 5.73. The summed E-state index contributed by atoms with van der Waals surface area (Å²) in [5, 5.41) is -0.186. The Hall–Kier alpha value is -0.520. The first-order chi connectivity index (χ1) is 6.63. The van der Waals surface area contributed by atoms with Crippen LogP contribution in [0.1, 0.15) is 6.92 Å². The number of hydrogen-bond donors (Lipinski definition) is 2. The van der Waals surface area contributed by atoms with Crippen molar-refractivity contribution in [3.8, 4) is 0 Å². The van der Waals surface area contributed by atoms with Gasteiger partial charge in [0.25, 0.3) is 0 Å². The summed E-state index contributed by atoms with van der Waals surface area (Å²) in [4.78, 5) is 12.2. The molecule has 0 heterocycles. The van der Waals surface area contributed by atoms with Gasteiger partial charge in [0.05, 0.1) is 5.25 Å².